The van der Waals surface area contributed by atoms with E-state index in [0.29, 0.717) is 11.4 Å². The van der Waals surface area contributed by atoms with E-state index in [-0.39, 0.29) is 5.91 Å². The Hall–Kier alpha value is -1.92. The Balaban J connectivity index is 1.54. The van der Waals surface area contributed by atoms with Crippen LogP contribution in [0.5, 0.6) is 5.88 Å². The highest BCUT2D eigenvalue weighted by molar-refractivity contribution is 7.09. The highest BCUT2D eigenvalue weighted by Gasteiger charge is 2.22. The molecule has 6 heteroatoms. The van der Waals surface area contributed by atoms with Gasteiger partial charge in [-0.2, -0.15) is 0 Å². The number of methoxy groups -OCH3 is 1. The molecule has 0 saturated carbocycles. The van der Waals surface area contributed by atoms with E-state index in [0.717, 1.165) is 32.7 Å². The Morgan fingerprint density at radius 1 is 1.27 bits per heavy atom. The van der Waals surface area contributed by atoms with Crippen molar-refractivity contribution in [2.75, 3.05) is 33.3 Å². The van der Waals surface area contributed by atoms with Gasteiger partial charge in [-0.25, -0.2) is 4.98 Å². The van der Waals surface area contributed by atoms with Crippen molar-refractivity contribution in [3.8, 4) is 5.88 Å². The summed E-state index contributed by atoms with van der Waals surface area (Å²) in [6, 6.07) is 7.73. The third kappa shape index (κ3) is 3.45. The monoisotopic (exact) mass is 317 g/mol. The molecule has 1 amide bonds. The third-order valence-corrected chi connectivity index (χ3v) is 4.67. The lowest BCUT2D eigenvalue weighted by molar-refractivity contribution is 0.0629. The van der Waals surface area contributed by atoms with Crippen molar-refractivity contribution in [2.24, 2.45) is 0 Å². The van der Waals surface area contributed by atoms with Crippen molar-refractivity contribution in [2.45, 2.75) is 6.54 Å². The number of ether oxygens (including phenoxy) is 1. The van der Waals surface area contributed by atoms with Gasteiger partial charge in [-0.15, -0.1) is 11.3 Å². The minimum atomic E-state index is 0.0472. The summed E-state index contributed by atoms with van der Waals surface area (Å²) in [6.07, 6.45) is 1.58. The topological polar surface area (TPSA) is 45.7 Å². The van der Waals surface area contributed by atoms with E-state index in [9.17, 15) is 4.79 Å². The van der Waals surface area contributed by atoms with Crippen LogP contribution in [-0.2, 0) is 6.54 Å². The molecule has 1 fully saturated rings. The summed E-state index contributed by atoms with van der Waals surface area (Å²) in [5, 5.41) is 2.10. The Morgan fingerprint density at radius 3 is 2.68 bits per heavy atom. The van der Waals surface area contributed by atoms with Gasteiger partial charge in [0.25, 0.3) is 5.91 Å². The van der Waals surface area contributed by atoms with Gasteiger partial charge in [0.2, 0.25) is 5.88 Å². The van der Waals surface area contributed by atoms with Gasteiger partial charge in [0, 0.05) is 49.9 Å². The second-order valence-electron chi connectivity index (χ2n) is 5.24. The molecule has 3 rings (SSSR count). The molecule has 0 aliphatic carbocycles. The summed E-state index contributed by atoms with van der Waals surface area (Å²) in [5.41, 5.74) is 0.618. The zero-order chi connectivity index (χ0) is 15.4. The number of piperazine rings is 1. The lowest BCUT2D eigenvalue weighted by Crippen LogP contribution is -2.48. The van der Waals surface area contributed by atoms with Crippen LogP contribution < -0.4 is 4.74 Å². The maximum Gasteiger partial charge on any atom is 0.255 e. The first-order valence-corrected chi connectivity index (χ1v) is 8.18. The molecule has 1 aliphatic rings. The highest BCUT2D eigenvalue weighted by atomic mass is 32.1. The largest absolute Gasteiger partial charge is 0.481 e. The SMILES string of the molecule is COc1ccc(C(=O)N2CCN(Cc3cccs3)CC2)cn1. The minimum absolute atomic E-state index is 0.0472. The van der Waals surface area contributed by atoms with Crippen molar-refractivity contribution in [3.05, 3.63) is 46.3 Å². The maximum atomic E-state index is 12.5. The number of amides is 1. The number of carbonyl (C=O) groups is 1. The number of nitrogens with zero attached hydrogens (tertiary/aromatic N) is 3. The van der Waals surface area contributed by atoms with Gasteiger partial charge >= 0.3 is 0 Å². The summed E-state index contributed by atoms with van der Waals surface area (Å²) in [4.78, 5) is 22.2. The van der Waals surface area contributed by atoms with Crippen LogP contribution in [0, 0.1) is 0 Å². The molecule has 116 valence electrons. The molecule has 2 aromatic heterocycles. The van der Waals surface area contributed by atoms with E-state index in [1.807, 2.05) is 4.90 Å². The number of thiophene rings is 1. The first-order chi connectivity index (χ1) is 10.8. The van der Waals surface area contributed by atoms with Gasteiger partial charge < -0.3 is 9.64 Å². The van der Waals surface area contributed by atoms with Crippen LogP contribution in [0.4, 0.5) is 0 Å². The van der Waals surface area contributed by atoms with Crippen molar-refractivity contribution < 1.29 is 9.53 Å². The van der Waals surface area contributed by atoms with Crippen molar-refractivity contribution in [3.63, 3.8) is 0 Å². The van der Waals surface area contributed by atoms with Gasteiger partial charge in [0.15, 0.2) is 0 Å². The van der Waals surface area contributed by atoms with Gasteiger partial charge in [-0.05, 0) is 17.5 Å². The summed E-state index contributed by atoms with van der Waals surface area (Å²) >= 11 is 1.78. The van der Waals surface area contributed by atoms with Crippen molar-refractivity contribution in [1.82, 2.24) is 14.8 Å². The molecule has 5 nitrogen and oxygen atoms in total. The Labute approximate surface area is 134 Å². The fourth-order valence-corrected chi connectivity index (χ4v) is 3.29. The number of hydrogen-bond donors (Lipinski definition) is 0. The van der Waals surface area contributed by atoms with Crippen LogP contribution in [0.1, 0.15) is 15.2 Å². The molecular weight excluding hydrogens is 298 g/mol. The number of carbonyl (C=O) groups excluding carboxylic acids is 1. The number of hydrogen-bond acceptors (Lipinski definition) is 5. The standard InChI is InChI=1S/C16H19N3O2S/c1-21-15-5-4-13(11-17-15)16(20)19-8-6-18(7-9-19)12-14-3-2-10-22-14/h2-5,10-11H,6-9,12H2,1H3. The van der Waals surface area contributed by atoms with Crippen LogP contribution in [0.25, 0.3) is 0 Å². The zero-order valence-corrected chi connectivity index (χ0v) is 13.4. The number of rotatable bonds is 4. The van der Waals surface area contributed by atoms with Gasteiger partial charge in [0.05, 0.1) is 12.7 Å². The van der Waals surface area contributed by atoms with Gasteiger partial charge in [0.1, 0.15) is 0 Å². The molecule has 0 bridgehead atoms. The predicted octanol–water partition coefficient (Wildman–Crippen LogP) is 2.11. The smallest absolute Gasteiger partial charge is 0.255 e. The van der Waals surface area contributed by atoms with Crippen molar-refractivity contribution in [1.29, 1.82) is 0 Å². The van der Waals surface area contributed by atoms with E-state index in [1.54, 1.807) is 36.8 Å². The Bertz CT molecular complexity index is 605. The number of aromatic nitrogens is 1. The fourth-order valence-electron chi connectivity index (χ4n) is 2.54. The Kier molecular flexibility index (Phi) is 4.70. The molecule has 0 atom stereocenters. The molecule has 3 heterocycles. The summed E-state index contributed by atoms with van der Waals surface area (Å²) < 4.78 is 5.02. The molecule has 0 aromatic carbocycles. The predicted molar refractivity (Wildman–Crippen MR) is 86.3 cm³/mol. The van der Waals surface area contributed by atoms with Crippen LogP contribution >= 0.6 is 11.3 Å². The minimum Gasteiger partial charge on any atom is -0.481 e. The van der Waals surface area contributed by atoms with E-state index in [4.69, 9.17) is 4.74 Å². The van der Waals surface area contributed by atoms with E-state index in [2.05, 4.69) is 27.4 Å². The maximum absolute atomic E-state index is 12.5. The summed E-state index contributed by atoms with van der Waals surface area (Å²) in [7, 11) is 1.57. The van der Waals surface area contributed by atoms with E-state index >= 15 is 0 Å². The molecule has 0 spiro atoms. The first-order valence-electron chi connectivity index (χ1n) is 7.30. The quantitative estimate of drug-likeness (QED) is 0.866. The second kappa shape index (κ2) is 6.89. The molecular formula is C16H19N3O2S. The average molecular weight is 317 g/mol. The van der Waals surface area contributed by atoms with Gasteiger partial charge in [-0.3, -0.25) is 9.69 Å². The molecule has 1 saturated heterocycles. The van der Waals surface area contributed by atoms with Crippen LogP contribution in [-0.4, -0.2) is 54.0 Å². The molecule has 22 heavy (non-hydrogen) atoms. The van der Waals surface area contributed by atoms with Crippen molar-refractivity contribution >= 4 is 17.2 Å². The number of pyridine rings is 1. The Morgan fingerprint density at radius 2 is 2.09 bits per heavy atom. The van der Waals surface area contributed by atoms with Gasteiger partial charge in [-0.1, -0.05) is 6.07 Å². The average Bonchev–Trinajstić information content (AvgIpc) is 3.08. The lowest BCUT2D eigenvalue weighted by Gasteiger charge is -2.34. The van der Waals surface area contributed by atoms with E-state index < -0.39 is 0 Å². The molecule has 0 N–H and O–H groups in total. The van der Waals surface area contributed by atoms with Crippen LogP contribution in [0.2, 0.25) is 0 Å². The second-order valence-corrected chi connectivity index (χ2v) is 6.27. The molecule has 2 aromatic rings. The third-order valence-electron chi connectivity index (χ3n) is 3.81. The fraction of sp³-hybridized carbons (Fsp3) is 0.375. The lowest BCUT2D eigenvalue weighted by atomic mass is 10.2. The molecule has 0 radical (unpaired) electrons. The normalized spacial score (nSPS) is 15.8. The molecule has 1 aliphatic heterocycles. The van der Waals surface area contributed by atoms with Crippen LogP contribution in [0.3, 0.4) is 0 Å². The highest BCUT2D eigenvalue weighted by Crippen LogP contribution is 2.15. The summed E-state index contributed by atoms with van der Waals surface area (Å²) in [6.45, 7) is 4.32. The van der Waals surface area contributed by atoms with E-state index in [1.165, 1.54) is 4.88 Å². The zero-order valence-electron chi connectivity index (χ0n) is 12.6. The first kappa shape index (κ1) is 15.0. The summed E-state index contributed by atoms with van der Waals surface area (Å²) in [5.74, 6) is 0.572. The molecule has 0 unspecified atom stereocenters. The van der Waals surface area contributed by atoms with Crippen LogP contribution in [0.15, 0.2) is 35.8 Å².